The second kappa shape index (κ2) is 16.8. The molecule has 212 valence electrons. The number of hydrogen-bond acceptors (Lipinski definition) is 3. The molecule has 0 radical (unpaired) electrons. The van der Waals surface area contributed by atoms with E-state index in [1.54, 1.807) is 0 Å². The van der Waals surface area contributed by atoms with Crippen LogP contribution in [0.4, 0.5) is 0 Å². The SMILES string of the molecule is CCCCCCCC1(C#N)CCC(OC(=O)C2CCC([C@H]3CC[C@H](CCCCCCC)CC3)CC2)CC1. The summed E-state index contributed by atoms with van der Waals surface area (Å²) in [6.07, 6.45) is 29.7. The average Bonchev–Trinajstić information content (AvgIpc) is 2.94. The van der Waals surface area contributed by atoms with Gasteiger partial charge in [0.15, 0.2) is 0 Å². The first-order valence-corrected chi connectivity index (χ1v) is 16.7. The van der Waals surface area contributed by atoms with E-state index >= 15 is 0 Å². The summed E-state index contributed by atoms with van der Waals surface area (Å²) >= 11 is 0. The number of ether oxygens (including phenoxy) is 1. The molecule has 3 nitrogen and oxygen atoms in total. The lowest BCUT2D eigenvalue weighted by atomic mass is 9.68. The highest BCUT2D eigenvalue weighted by molar-refractivity contribution is 5.72. The Kier molecular flexibility index (Phi) is 13.9. The lowest BCUT2D eigenvalue weighted by Crippen LogP contribution is -2.34. The van der Waals surface area contributed by atoms with Crippen LogP contribution in [0.5, 0.6) is 0 Å². The lowest BCUT2D eigenvalue weighted by Gasteiger charge is -2.38. The normalized spacial score (nSPS) is 32.5. The predicted molar refractivity (Wildman–Crippen MR) is 154 cm³/mol. The zero-order valence-corrected chi connectivity index (χ0v) is 24.6. The summed E-state index contributed by atoms with van der Waals surface area (Å²) in [7, 11) is 0. The Bertz CT molecular complexity index is 658. The van der Waals surface area contributed by atoms with Crippen molar-refractivity contribution >= 4 is 5.97 Å². The van der Waals surface area contributed by atoms with Gasteiger partial charge in [-0.2, -0.15) is 5.26 Å². The van der Waals surface area contributed by atoms with E-state index in [0.29, 0.717) is 0 Å². The van der Waals surface area contributed by atoms with E-state index in [1.165, 1.54) is 109 Å². The zero-order valence-electron chi connectivity index (χ0n) is 24.6. The first kappa shape index (κ1) is 30.5. The van der Waals surface area contributed by atoms with Crippen LogP contribution in [0.2, 0.25) is 0 Å². The maximum Gasteiger partial charge on any atom is 0.309 e. The Labute approximate surface area is 229 Å². The minimum Gasteiger partial charge on any atom is -0.462 e. The first-order chi connectivity index (χ1) is 18.1. The van der Waals surface area contributed by atoms with Crippen LogP contribution in [0.25, 0.3) is 0 Å². The van der Waals surface area contributed by atoms with Gasteiger partial charge in [-0.15, -0.1) is 0 Å². The third-order valence-corrected chi connectivity index (χ3v) is 10.5. The van der Waals surface area contributed by atoms with E-state index in [4.69, 9.17) is 4.74 Å². The molecule has 0 aliphatic heterocycles. The van der Waals surface area contributed by atoms with Crippen LogP contribution < -0.4 is 0 Å². The Morgan fingerprint density at radius 1 is 0.730 bits per heavy atom. The third kappa shape index (κ3) is 10.2. The number of hydrogen-bond donors (Lipinski definition) is 0. The number of carbonyl (C=O) groups is 1. The van der Waals surface area contributed by atoms with Gasteiger partial charge in [0, 0.05) is 0 Å². The molecule has 0 unspecified atom stereocenters. The van der Waals surface area contributed by atoms with E-state index in [0.717, 1.165) is 62.7 Å². The van der Waals surface area contributed by atoms with Crippen LogP contribution in [-0.4, -0.2) is 12.1 Å². The van der Waals surface area contributed by atoms with Crippen molar-refractivity contribution in [3.63, 3.8) is 0 Å². The Hall–Kier alpha value is -1.04. The highest BCUT2D eigenvalue weighted by Crippen LogP contribution is 2.44. The number of carbonyl (C=O) groups excluding carboxylic acids is 1. The van der Waals surface area contributed by atoms with Crippen molar-refractivity contribution in [1.82, 2.24) is 0 Å². The topological polar surface area (TPSA) is 50.1 Å². The molecule has 0 aromatic carbocycles. The van der Waals surface area contributed by atoms with Gasteiger partial charge in [0.05, 0.1) is 17.4 Å². The number of unbranched alkanes of at least 4 members (excludes halogenated alkanes) is 8. The van der Waals surface area contributed by atoms with Crippen LogP contribution in [0, 0.1) is 40.4 Å². The maximum absolute atomic E-state index is 13.0. The molecule has 37 heavy (non-hydrogen) atoms. The number of esters is 1. The first-order valence-electron chi connectivity index (χ1n) is 16.7. The molecule has 3 rings (SSSR count). The van der Waals surface area contributed by atoms with Gasteiger partial charge in [0.2, 0.25) is 0 Å². The molecule has 0 spiro atoms. The third-order valence-electron chi connectivity index (χ3n) is 10.5. The molecule has 0 heterocycles. The van der Waals surface area contributed by atoms with Crippen molar-refractivity contribution in [1.29, 1.82) is 5.26 Å². The van der Waals surface area contributed by atoms with Gasteiger partial charge in [-0.05, 0) is 88.4 Å². The molecule has 0 bridgehead atoms. The molecule has 3 aliphatic carbocycles. The van der Waals surface area contributed by atoms with Crippen LogP contribution >= 0.6 is 0 Å². The molecule has 3 fully saturated rings. The predicted octanol–water partition coefficient (Wildman–Crippen LogP) is 10.3. The fourth-order valence-electron chi connectivity index (χ4n) is 7.82. The second-order valence-electron chi connectivity index (χ2n) is 13.3. The molecule has 3 heteroatoms. The highest BCUT2D eigenvalue weighted by Gasteiger charge is 2.38. The van der Waals surface area contributed by atoms with Gasteiger partial charge >= 0.3 is 5.97 Å². The summed E-state index contributed by atoms with van der Waals surface area (Å²) < 4.78 is 6.03. The molecule has 0 aromatic rings. The Balaban J connectivity index is 1.28. The molecule has 3 saturated carbocycles. The van der Waals surface area contributed by atoms with Crippen LogP contribution in [0.15, 0.2) is 0 Å². The van der Waals surface area contributed by atoms with Crippen LogP contribution in [0.1, 0.15) is 168 Å². The van der Waals surface area contributed by atoms with Crippen molar-refractivity contribution in [2.24, 2.45) is 29.1 Å². The average molecular weight is 514 g/mol. The van der Waals surface area contributed by atoms with E-state index in [9.17, 15) is 10.1 Å². The van der Waals surface area contributed by atoms with Crippen molar-refractivity contribution < 1.29 is 9.53 Å². The summed E-state index contributed by atoms with van der Waals surface area (Å²) in [5.74, 6) is 2.93. The van der Waals surface area contributed by atoms with Crippen molar-refractivity contribution in [2.75, 3.05) is 0 Å². The largest absolute Gasteiger partial charge is 0.462 e. The zero-order chi connectivity index (χ0) is 26.3. The Morgan fingerprint density at radius 3 is 1.84 bits per heavy atom. The van der Waals surface area contributed by atoms with Gasteiger partial charge in [0.25, 0.3) is 0 Å². The fraction of sp³-hybridized carbons (Fsp3) is 0.941. The molecule has 0 saturated heterocycles. The van der Waals surface area contributed by atoms with E-state index in [-0.39, 0.29) is 23.4 Å². The van der Waals surface area contributed by atoms with Gasteiger partial charge in [-0.1, -0.05) is 97.3 Å². The van der Waals surface area contributed by atoms with Gasteiger partial charge in [0.1, 0.15) is 6.10 Å². The molecular formula is C34H59NO2. The van der Waals surface area contributed by atoms with E-state index in [1.807, 2.05) is 0 Å². The summed E-state index contributed by atoms with van der Waals surface area (Å²) in [6.45, 7) is 4.54. The van der Waals surface area contributed by atoms with Crippen molar-refractivity contribution in [3.8, 4) is 6.07 Å². The quantitative estimate of drug-likeness (QED) is 0.162. The summed E-state index contributed by atoms with van der Waals surface area (Å²) in [5.41, 5.74) is -0.165. The maximum atomic E-state index is 13.0. The van der Waals surface area contributed by atoms with Crippen molar-refractivity contribution in [2.45, 2.75) is 174 Å². The van der Waals surface area contributed by atoms with Crippen LogP contribution in [-0.2, 0) is 9.53 Å². The van der Waals surface area contributed by atoms with Gasteiger partial charge in [-0.25, -0.2) is 0 Å². The van der Waals surface area contributed by atoms with Crippen LogP contribution in [0.3, 0.4) is 0 Å². The van der Waals surface area contributed by atoms with Gasteiger partial charge < -0.3 is 4.74 Å². The number of nitriles is 1. The molecular weight excluding hydrogens is 454 g/mol. The second-order valence-corrected chi connectivity index (χ2v) is 13.3. The Morgan fingerprint density at radius 2 is 1.27 bits per heavy atom. The minimum atomic E-state index is -0.165. The monoisotopic (exact) mass is 513 g/mol. The smallest absolute Gasteiger partial charge is 0.309 e. The van der Waals surface area contributed by atoms with Gasteiger partial charge in [-0.3, -0.25) is 4.79 Å². The highest BCUT2D eigenvalue weighted by atomic mass is 16.5. The summed E-state index contributed by atoms with van der Waals surface area (Å²) in [5, 5.41) is 9.87. The standard InChI is InChI=1S/C34H59NO2/c1-3-5-7-9-11-13-28-14-16-29(17-15-28)30-18-20-31(21-19-30)33(36)37-32-22-25-34(27-35,26-23-32)24-12-10-8-6-4-2/h28-32H,3-26H2,1-2H3/t28-,29-,30?,31?,32?,34?. The molecule has 3 aliphatic rings. The fourth-order valence-corrected chi connectivity index (χ4v) is 7.82. The molecule has 0 atom stereocenters. The molecule has 0 aromatic heterocycles. The minimum absolute atomic E-state index is 0.0454. The lowest BCUT2D eigenvalue weighted by molar-refractivity contribution is -0.158. The summed E-state index contributed by atoms with van der Waals surface area (Å²) in [6, 6.07) is 2.66. The number of rotatable bonds is 15. The van der Waals surface area contributed by atoms with E-state index < -0.39 is 0 Å². The number of nitrogens with zero attached hydrogens (tertiary/aromatic N) is 1. The summed E-state index contributed by atoms with van der Waals surface area (Å²) in [4.78, 5) is 13.0. The molecule has 0 amide bonds. The van der Waals surface area contributed by atoms with Crippen molar-refractivity contribution in [3.05, 3.63) is 0 Å². The van der Waals surface area contributed by atoms with E-state index in [2.05, 4.69) is 19.9 Å². The molecule has 0 N–H and O–H groups in total.